The summed E-state index contributed by atoms with van der Waals surface area (Å²) < 4.78 is 52.0. The number of hydrogen-bond donors (Lipinski definition) is 1. The van der Waals surface area contributed by atoms with Crippen molar-refractivity contribution in [2.24, 2.45) is 5.92 Å². The van der Waals surface area contributed by atoms with Crippen molar-refractivity contribution < 1.29 is 32.2 Å². The number of esters is 1. The Balaban J connectivity index is 1.54. The Labute approximate surface area is 234 Å². The summed E-state index contributed by atoms with van der Waals surface area (Å²) in [7, 11) is 0. The highest BCUT2D eigenvalue weighted by molar-refractivity contribution is 6.33. The van der Waals surface area contributed by atoms with Crippen LogP contribution in [0.5, 0.6) is 0 Å². The first kappa shape index (κ1) is 28.9. The number of amides is 1. The number of alkyl halides is 3. The van der Waals surface area contributed by atoms with Gasteiger partial charge in [0, 0.05) is 5.02 Å². The SMILES string of the molecule is C[C@H]([C@H](C(=O)Nc1cc(C2(CC(=O)OCc3ccccc3)COC2)ccc1Cl)c1ccc(Cl)cc1)C(F)(F)F. The van der Waals surface area contributed by atoms with Crippen LogP contribution in [0.3, 0.4) is 0 Å². The van der Waals surface area contributed by atoms with Gasteiger partial charge >= 0.3 is 12.1 Å². The van der Waals surface area contributed by atoms with E-state index in [1.807, 2.05) is 30.3 Å². The predicted octanol–water partition coefficient (Wildman–Crippen LogP) is 7.32. The van der Waals surface area contributed by atoms with Crippen molar-refractivity contribution in [2.75, 3.05) is 18.5 Å². The third-order valence-electron chi connectivity index (χ3n) is 6.85. The first-order valence-corrected chi connectivity index (χ1v) is 12.9. The average Bonchev–Trinajstić information content (AvgIpc) is 2.87. The molecule has 1 aliphatic heterocycles. The van der Waals surface area contributed by atoms with E-state index in [1.54, 1.807) is 12.1 Å². The van der Waals surface area contributed by atoms with Gasteiger partial charge in [0.15, 0.2) is 0 Å². The summed E-state index contributed by atoms with van der Waals surface area (Å²) >= 11 is 12.2. The lowest BCUT2D eigenvalue weighted by Gasteiger charge is -2.41. The van der Waals surface area contributed by atoms with Crippen LogP contribution >= 0.6 is 23.2 Å². The number of benzene rings is 3. The maximum absolute atomic E-state index is 13.7. The molecule has 5 nitrogen and oxygen atoms in total. The number of anilines is 1. The molecule has 3 aromatic rings. The van der Waals surface area contributed by atoms with Crippen LogP contribution in [-0.4, -0.2) is 31.3 Å². The summed E-state index contributed by atoms with van der Waals surface area (Å²) in [6, 6.07) is 19.7. The lowest BCUT2D eigenvalue weighted by atomic mass is 9.75. The zero-order valence-corrected chi connectivity index (χ0v) is 22.4. The Hall–Kier alpha value is -3.07. The summed E-state index contributed by atoms with van der Waals surface area (Å²) in [6.07, 6.45) is -4.60. The van der Waals surface area contributed by atoms with E-state index in [9.17, 15) is 22.8 Å². The fraction of sp³-hybridized carbons (Fsp3) is 0.310. The molecule has 206 valence electrons. The highest BCUT2D eigenvalue weighted by Gasteiger charge is 2.46. The number of nitrogens with one attached hydrogen (secondary N) is 1. The number of ether oxygens (including phenoxy) is 2. The van der Waals surface area contributed by atoms with E-state index in [4.69, 9.17) is 32.7 Å². The third-order valence-corrected chi connectivity index (χ3v) is 7.43. The van der Waals surface area contributed by atoms with E-state index in [1.165, 1.54) is 30.3 Å². The first-order chi connectivity index (χ1) is 18.5. The highest BCUT2D eigenvalue weighted by Crippen LogP contribution is 2.41. The van der Waals surface area contributed by atoms with Gasteiger partial charge in [0.1, 0.15) is 6.61 Å². The Morgan fingerprint density at radius 3 is 2.28 bits per heavy atom. The summed E-state index contributed by atoms with van der Waals surface area (Å²) in [5.41, 5.74) is 1.09. The number of hydrogen-bond acceptors (Lipinski definition) is 4. The van der Waals surface area contributed by atoms with Crippen molar-refractivity contribution in [3.63, 3.8) is 0 Å². The van der Waals surface area contributed by atoms with Crippen LogP contribution in [0, 0.1) is 5.92 Å². The summed E-state index contributed by atoms with van der Waals surface area (Å²) in [6.45, 7) is 1.56. The van der Waals surface area contributed by atoms with Gasteiger partial charge in [0.2, 0.25) is 5.91 Å². The molecule has 1 saturated heterocycles. The molecule has 0 bridgehead atoms. The van der Waals surface area contributed by atoms with Crippen LogP contribution in [0.2, 0.25) is 10.0 Å². The third kappa shape index (κ3) is 6.93. The summed E-state index contributed by atoms with van der Waals surface area (Å²) in [5, 5.41) is 3.06. The molecule has 1 N–H and O–H groups in total. The summed E-state index contributed by atoms with van der Waals surface area (Å²) in [5.74, 6) is -4.82. The lowest BCUT2D eigenvalue weighted by Crippen LogP contribution is -2.48. The van der Waals surface area contributed by atoms with E-state index in [2.05, 4.69) is 5.32 Å². The molecule has 1 heterocycles. The standard InChI is InChI=1S/C29H26Cl2F3NO4/c1-18(29(32,33)34)26(20-7-10-22(30)11-8-20)27(37)35-24-13-21(9-12-23(24)31)28(16-38-17-28)14-25(36)39-15-19-5-3-2-4-6-19/h2-13,18,26H,14-17H2,1H3,(H,35,37)/t18-,26+/m1/s1. The molecule has 1 amide bonds. The number of halogens is 5. The Morgan fingerprint density at radius 2 is 1.69 bits per heavy atom. The van der Waals surface area contributed by atoms with Gasteiger partial charge in [-0.3, -0.25) is 9.59 Å². The number of carbonyl (C=O) groups is 2. The quantitative estimate of drug-likeness (QED) is 0.270. The predicted molar refractivity (Wildman–Crippen MR) is 143 cm³/mol. The smallest absolute Gasteiger partial charge is 0.392 e. The Bertz CT molecular complexity index is 1310. The second-order valence-electron chi connectivity index (χ2n) is 9.64. The van der Waals surface area contributed by atoms with Crippen molar-refractivity contribution in [1.82, 2.24) is 0 Å². The Morgan fingerprint density at radius 1 is 1.03 bits per heavy atom. The monoisotopic (exact) mass is 579 g/mol. The van der Waals surface area contributed by atoms with E-state index in [0.717, 1.165) is 12.5 Å². The molecule has 0 spiro atoms. The van der Waals surface area contributed by atoms with Crippen LogP contribution in [0.25, 0.3) is 0 Å². The second-order valence-corrected chi connectivity index (χ2v) is 10.5. The van der Waals surface area contributed by atoms with Crippen molar-refractivity contribution >= 4 is 40.8 Å². The fourth-order valence-electron chi connectivity index (χ4n) is 4.47. The molecule has 0 saturated carbocycles. The van der Waals surface area contributed by atoms with Crippen LogP contribution in [0.15, 0.2) is 72.8 Å². The van der Waals surface area contributed by atoms with Crippen molar-refractivity contribution in [3.8, 4) is 0 Å². The molecule has 0 unspecified atom stereocenters. The number of rotatable bonds is 9. The van der Waals surface area contributed by atoms with E-state index >= 15 is 0 Å². The van der Waals surface area contributed by atoms with E-state index in [0.29, 0.717) is 10.6 Å². The fourth-order valence-corrected chi connectivity index (χ4v) is 4.76. The minimum absolute atomic E-state index is 0.0212. The molecule has 1 aliphatic rings. The topological polar surface area (TPSA) is 64.6 Å². The molecule has 0 aromatic heterocycles. The maximum atomic E-state index is 13.7. The van der Waals surface area contributed by atoms with Crippen LogP contribution in [-0.2, 0) is 31.1 Å². The zero-order valence-electron chi connectivity index (χ0n) is 20.9. The molecular weight excluding hydrogens is 554 g/mol. The van der Waals surface area contributed by atoms with E-state index < -0.39 is 35.3 Å². The summed E-state index contributed by atoms with van der Waals surface area (Å²) in [4.78, 5) is 26.0. The molecule has 10 heteroatoms. The average molecular weight is 580 g/mol. The van der Waals surface area contributed by atoms with Crippen molar-refractivity contribution in [1.29, 1.82) is 0 Å². The minimum Gasteiger partial charge on any atom is -0.461 e. The highest BCUT2D eigenvalue weighted by atomic mass is 35.5. The maximum Gasteiger partial charge on any atom is 0.392 e. The normalized spacial score (nSPS) is 16.1. The van der Waals surface area contributed by atoms with Gasteiger partial charge < -0.3 is 14.8 Å². The van der Waals surface area contributed by atoms with Crippen molar-refractivity contribution in [3.05, 3.63) is 99.5 Å². The van der Waals surface area contributed by atoms with Crippen LogP contribution < -0.4 is 5.32 Å². The van der Waals surface area contributed by atoms with Gasteiger partial charge in [-0.15, -0.1) is 0 Å². The molecule has 2 atom stereocenters. The van der Waals surface area contributed by atoms with Gasteiger partial charge in [-0.1, -0.05) is 78.7 Å². The zero-order chi connectivity index (χ0) is 28.2. The molecule has 4 rings (SSSR count). The van der Waals surface area contributed by atoms with Gasteiger partial charge in [0.05, 0.1) is 47.6 Å². The van der Waals surface area contributed by atoms with Crippen LogP contribution in [0.1, 0.15) is 36.0 Å². The van der Waals surface area contributed by atoms with Crippen molar-refractivity contribution in [2.45, 2.75) is 37.5 Å². The second kappa shape index (κ2) is 12.0. The lowest BCUT2D eigenvalue weighted by molar-refractivity contribution is -0.178. The molecule has 3 aromatic carbocycles. The molecule has 1 fully saturated rings. The van der Waals surface area contributed by atoms with Gasteiger partial charge in [-0.05, 0) is 41.0 Å². The molecule has 0 aliphatic carbocycles. The van der Waals surface area contributed by atoms with Gasteiger partial charge in [-0.25, -0.2) is 0 Å². The molecular formula is C29H26Cl2F3NO4. The molecule has 39 heavy (non-hydrogen) atoms. The van der Waals surface area contributed by atoms with Gasteiger partial charge in [-0.2, -0.15) is 13.2 Å². The number of carbonyl (C=O) groups excluding carboxylic acids is 2. The van der Waals surface area contributed by atoms with Crippen LogP contribution in [0.4, 0.5) is 18.9 Å². The molecule has 0 radical (unpaired) electrons. The van der Waals surface area contributed by atoms with E-state index in [-0.39, 0.29) is 42.5 Å². The Kier molecular flexibility index (Phi) is 8.89. The first-order valence-electron chi connectivity index (χ1n) is 12.2. The van der Waals surface area contributed by atoms with Gasteiger partial charge in [0.25, 0.3) is 0 Å². The minimum atomic E-state index is -4.62. The largest absolute Gasteiger partial charge is 0.461 e.